The maximum absolute atomic E-state index is 13.8. The molecule has 0 saturated carbocycles. The van der Waals surface area contributed by atoms with Crippen molar-refractivity contribution in [2.24, 2.45) is 0 Å². The van der Waals surface area contributed by atoms with E-state index in [0.29, 0.717) is 11.5 Å². The predicted molar refractivity (Wildman–Crippen MR) is 87.9 cm³/mol. The fourth-order valence-electron chi connectivity index (χ4n) is 2.05. The van der Waals surface area contributed by atoms with Crippen LogP contribution in [-0.2, 0) is 16.6 Å². The van der Waals surface area contributed by atoms with Crippen molar-refractivity contribution in [2.45, 2.75) is 11.4 Å². The van der Waals surface area contributed by atoms with Gasteiger partial charge in [0.1, 0.15) is 10.7 Å². The lowest BCUT2D eigenvalue weighted by atomic mass is 10.1. The Balaban J connectivity index is 1.75. The highest BCUT2D eigenvalue weighted by Gasteiger charge is 2.21. The molecule has 0 amide bonds. The quantitative estimate of drug-likeness (QED) is 0.696. The Bertz CT molecular complexity index is 924. The zero-order valence-electron chi connectivity index (χ0n) is 12.1. The molecule has 1 N–H and O–H groups in total. The van der Waals surface area contributed by atoms with Crippen molar-refractivity contribution in [1.82, 2.24) is 14.9 Å². The number of nitrogens with one attached hydrogen (secondary N) is 1. The lowest BCUT2D eigenvalue weighted by Crippen LogP contribution is -2.24. The van der Waals surface area contributed by atoms with Crippen LogP contribution in [0.3, 0.4) is 0 Å². The number of aromatic nitrogens is 2. The van der Waals surface area contributed by atoms with Crippen molar-refractivity contribution in [3.05, 3.63) is 64.7 Å². The molecule has 3 rings (SSSR count). The number of rotatable bonds is 5. The SMILES string of the molecule is O=S(=O)(NCc1ccc(-c2nnco2)cc1)c1c(F)cccc1Br. The average Bonchev–Trinajstić information content (AvgIpc) is 3.07. The lowest BCUT2D eigenvalue weighted by molar-refractivity contribution is 0.555. The molecule has 9 heteroatoms. The van der Waals surface area contributed by atoms with Gasteiger partial charge < -0.3 is 4.42 Å². The largest absolute Gasteiger partial charge is 0.423 e. The fourth-order valence-corrected chi connectivity index (χ4v) is 4.19. The van der Waals surface area contributed by atoms with Gasteiger partial charge in [-0.1, -0.05) is 18.2 Å². The Morgan fingerprint density at radius 3 is 2.54 bits per heavy atom. The van der Waals surface area contributed by atoms with Crippen LogP contribution in [-0.4, -0.2) is 18.6 Å². The molecule has 6 nitrogen and oxygen atoms in total. The molecule has 0 fully saturated rings. The Hall–Kier alpha value is -2.10. The minimum absolute atomic E-state index is 0.0211. The number of benzene rings is 2. The highest BCUT2D eigenvalue weighted by molar-refractivity contribution is 9.10. The lowest BCUT2D eigenvalue weighted by Gasteiger charge is -2.09. The first-order chi connectivity index (χ1) is 11.5. The molecule has 0 aliphatic rings. The zero-order chi connectivity index (χ0) is 17.2. The van der Waals surface area contributed by atoms with Crippen LogP contribution in [0.15, 0.2) is 62.6 Å². The summed E-state index contributed by atoms with van der Waals surface area (Å²) in [7, 11) is -3.99. The van der Waals surface area contributed by atoms with Gasteiger partial charge in [-0.25, -0.2) is 17.5 Å². The second kappa shape index (κ2) is 6.80. The van der Waals surface area contributed by atoms with Crippen molar-refractivity contribution in [3.63, 3.8) is 0 Å². The standard InChI is InChI=1S/C15H11BrFN3O3S/c16-12-2-1-3-13(17)14(12)24(21,22)19-8-10-4-6-11(7-5-10)15-20-18-9-23-15/h1-7,9,19H,8H2. The normalized spacial score (nSPS) is 11.6. The van der Waals surface area contributed by atoms with E-state index < -0.39 is 20.7 Å². The van der Waals surface area contributed by atoms with Crippen LogP contribution in [0.25, 0.3) is 11.5 Å². The van der Waals surface area contributed by atoms with E-state index in [4.69, 9.17) is 4.42 Å². The molecule has 0 bridgehead atoms. The number of hydrogen-bond acceptors (Lipinski definition) is 5. The molecular formula is C15H11BrFN3O3S. The van der Waals surface area contributed by atoms with Crippen molar-refractivity contribution in [3.8, 4) is 11.5 Å². The molecule has 124 valence electrons. The van der Waals surface area contributed by atoms with Crippen LogP contribution < -0.4 is 4.72 Å². The first-order valence-electron chi connectivity index (χ1n) is 6.76. The molecule has 0 spiro atoms. The first-order valence-corrected chi connectivity index (χ1v) is 9.04. The minimum Gasteiger partial charge on any atom is -0.423 e. The summed E-state index contributed by atoms with van der Waals surface area (Å²) in [5.41, 5.74) is 1.42. The van der Waals surface area contributed by atoms with Crippen LogP contribution in [0, 0.1) is 5.82 Å². The molecule has 0 aliphatic heterocycles. The molecule has 3 aromatic rings. The Labute approximate surface area is 145 Å². The molecule has 2 aromatic carbocycles. The summed E-state index contributed by atoms with van der Waals surface area (Å²) in [4.78, 5) is -0.410. The van der Waals surface area contributed by atoms with Crippen LogP contribution in [0.1, 0.15) is 5.56 Å². The third-order valence-electron chi connectivity index (χ3n) is 3.21. The summed E-state index contributed by atoms with van der Waals surface area (Å²) in [6, 6.07) is 10.9. The van der Waals surface area contributed by atoms with E-state index >= 15 is 0 Å². The van der Waals surface area contributed by atoms with E-state index in [1.165, 1.54) is 18.5 Å². The van der Waals surface area contributed by atoms with Gasteiger partial charge in [-0.05, 0) is 45.8 Å². The highest BCUT2D eigenvalue weighted by Crippen LogP contribution is 2.24. The summed E-state index contributed by atoms with van der Waals surface area (Å²) in [5.74, 6) is -0.443. The molecule has 0 saturated heterocycles. The van der Waals surface area contributed by atoms with Gasteiger partial charge >= 0.3 is 0 Å². The molecule has 0 aliphatic carbocycles. The summed E-state index contributed by atoms with van der Waals surface area (Å²) in [6.07, 6.45) is 1.23. The zero-order valence-corrected chi connectivity index (χ0v) is 14.5. The third-order valence-corrected chi connectivity index (χ3v) is 5.61. The van der Waals surface area contributed by atoms with E-state index in [2.05, 4.69) is 30.8 Å². The minimum atomic E-state index is -3.99. The van der Waals surface area contributed by atoms with Gasteiger partial charge in [0.25, 0.3) is 0 Å². The van der Waals surface area contributed by atoms with E-state index in [0.717, 1.165) is 11.6 Å². The van der Waals surface area contributed by atoms with Gasteiger partial charge in [0, 0.05) is 16.6 Å². The molecule has 1 aromatic heterocycles. The molecule has 0 radical (unpaired) electrons. The molecule has 1 heterocycles. The summed E-state index contributed by atoms with van der Waals surface area (Å²) < 4.78 is 46.0. The van der Waals surface area contributed by atoms with Crippen LogP contribution >= 0.6 is 15.9 Å². The second-order valence-electron chi connectivity index (χ2n) is 4.82. The van der Waals surface area contributed by atoms with Gasteiger partial charge in [-0.2, -0.15) is 0 Å². The van der Waals surface area contributed by atoms with Gasteiger partial charge in [-0.3, -0.25) is 0 Å². The van der Waals surface area contributed by atoms with Crippen molar-refractivity contribution >= 4 is 26.0 Å². The summed E-state index contributed by atoms with van der Waals surface area (Å²) in [6.45, 7) is 0.0211. The fraction of sp³-hybridized carbons (Fsp3) is 0.0667. The van der Waals surface area contributed by atoms with E-state index in [9.17, 15) is 12.8 Å². The van der Waals surface area contributed by atoms with Gasteiger partial charge in [-0.15, -0.1) is 10.2 Å². The Morgan fingerprint density at radius 2 is 1.92 bits per heavy atom. The Morgan fingerprint density at radius 1 is 1.17 bits per heavy atom. The maximum atomic E-state index is 13.8. The number of sulfonamides is 1. The molecular weight excluding hydrogens is 401 g/mol. The van der Waals surface area contributed by atoms with Gasteiger partial charge in [0.05, 0.1) is 0 Å². The van der Waals surface area contributed by atoms with Crippen molar-refractivity contribution in [1.29, 1.82) is 0 Å². The van der Waals surface area contributed by atoms with Crippen LogP contribution in [0.4, 0.5) is 4.39 Å². The summed E-state index contributed by atoms with van der Waals surface area (Å²) in [5, 5.41) is 7.38. The first kappa shape index (κ1) is 16.7. The number of hydrogen-bond donors (Lipinski definition) is 1. The predicted octanol–water partition coefficient (Wildman–Crippen LogP) is 3.12. The second-order valence-corrected chi connectivity index (χ2v) is 7.37. The number of halogens is 2. The van der Waals surface area contributed by atoms with E-state index in [-0.39, 0.29) is 11.0 Å². The monoisotopic (exact) mass is 411 g/mol. The molecule has 0 unspecified atom stereocenters. The smallest absolute Gasteiger partial charge is 0.247 e. The van der Waals surface area contributed by atoms with E-state index in [1.807, 2.05) is 0 Å². The van der Waals surface area contributed by atoms with Crippen LogP contribution in [0.5, 0.6) is 0 Å². The van der Waals surface area contributed by atoms with Gasteiger partial charge in [0.15, 0.2) is 0 Å². The van der Waals surface area contributed by atoms with E-state index in [1.54, 1.807) is 24.3 Å². The molecule has 24 heavy (non-hydrogen) atoms. The third kappa shape index (κ3) is 3.53. The summed E-state index contributed by atoms with van der Waals surface area (Å²) >= 11 is 3.06. The highest BCUT2D eigenvalue weighted by atomic mass is 79.9. The number of nitrogens with zero attached hydrogens (tertiary/aromatic N) is 2. The Kier molecular flexibility index (Phi) is 4.74. The van der Waals surface area contributed by atoms with Crippen molar-refractivity contribution < 1.29 is 17.2 Å². The maximum Gasteiger partial charge on any atom is 0.247 e. The molecule has 0 atom stereocenters. The van der Waals surface area contributed by atoms with Crippen LogP contribution in [0.2, 0.25) is 0 Å². The van der Waals surface area contributed by atoms with Crippen molar-refractivity contribution in [2.75, 3.05) is 0 Å². The average molecular weight is 412 g/mol. The van der Waals surface area contributed by atoms with Gasteiger partial charge in [0.2, 0.25) is 22.3 Å². The topological polar surface area (TPSA) is 85.1 Å².